The summed E-state index contributed by atoms with van der Waals surface area (Å²) >= 11 is 0. The highest BCUT2D eigenvalue weighted by Crippen LogP contribution is 2.44. The highest BCUT2D eigenvalue weighted by atomic mass is 16.5. The number of amides is 2. The smallest absolute Gasteiger partial charge is 0.407 e. The lowest BCUT2D eigenvalue weighted by Crippen LogP contribution is -2.52. The fraction of sp³-hybridized carbons (Fsp3) is 0.250. The molecule has 0 fully saturated rings. The zero-order chi connectivity index (χ0) is 24.8. The quantitative estimate of drug-likeness (QED) is 0.435. The van der Waals surface area contributed by atoms with Gasteiger partial charge in [0.05, 0.1) is 0 Å². The highest BCUT2D eigenvalue weighted by Gasteiger charge is 2.30. The Bertz CT molecular complexity index is 1170. The van der Waals surface area contributed by atoms with Crippen LogP contribution in [0.1, 0.15) is 36.0 Å². The molecule has 0 saturated carbocycles. The number of rotatable bonds is 9. The first-order valence-electron chi connectivity index (χ1n) is 11.7. The van der Waals surface area contributed by atoms with Gasteiger partial charge in [-0.1, -0.05) is 85.8 Å². The van der Waals surface area contributed by atoms with Crippen LogP contribution >= 0.6 is 0 Å². The van der Waals surface area contributed by atoms with Crippen molar-refractivity contribution in [3.63, 3.8) is 0 Å². The molecule has 3 N–H and O–H groups in total. The number of fused-ring (bicyclic) bond motifs is 3. The van der Waals surface area contributed by atoms with E-state index in [9.17, 15) is 19.5 Å². The van der Waals surface area contributed by atoms with Gasteiger partial charge in [-0.05, 0) is 34.2 Å². The normalized spacial score (nSPS) is 13.7. The molecule has 35 heavy (non-hydrogen) atoms. The average Bonchev–Trinajstić information content (AvgIpc) is 3.19. The van der Waals surface area contributed by atoms with Crippen molar-refractivity contribution in [3.8, 4) is 11.1 Å². The third-order valence-electron chi connectivity index (χ3n) is 6.26. The number of hydrogen-bond donors (Lipinski definition) is 3. The maximum atomic E-state index is 12.9. The molecule has 4 rings (SSSR count). The monoisotopic (exact) mass is 472 g/mol. The second kappa shape index (κ2) is 10.9. The van der Waals surface area contributed by atoms with Gasteiger partial charge in [-0.3, -0.25) is 4.79 Å². The minimum absolute atomic E-state index is 0.106. The van der Waals surface area contributed by atoms with E-state index in [0.29, 0.717) is 0 Å². The van der Waals surface area contributed by atoms with E-state index in [1.165, 1.54) is 0 Å². The van der Waals surface area contributed by atoms with Gasteiger partial charge in [-0.25, -0.2) is 9.59 Å². The Labute approximate surface area is 204 Å². The van der Waals surface area contributed by atoms with E-state index in [-0.39, 0.29) is 25.4 Å². The molecular formula is C28H28N2O5. The molecule has 3 aromatic carbocycles. The highest BCUT2D eigenvalue weighted by molar-refractivity contribution is 5.89. The van der Waals surface area contributed by atoms with Gasteiger partial charge in [0, 0.05) is 12.3 Å². The molecule has 0 radical (unpaired) electrons. The van der Waals surface area contributed by atoms with Gasteiger partial charge < -0.3 is 20.5 Å². The lowest BCUT2D eigenvalue weighted by molar-refractivity contribution is -0.142. The number of aliphatic carboxylic acids is 1. The molecule has 0 bridgehead atoms. The van der Waals surface area contributed by atoms with Gasteiger partial charge in [0.2, 0.25) is 5.91 Å². The molecule has 0 saturated heterocycles. The minimum Gasteiger partial charge on any atom is -0.480 e. The second-order valence-corrected chi connectivity index (χ2v) is 8.52. The van der Waals surface area contributed by atoms with Crippen LogP contribution in [0.4, 0.5) is 4.79 Å². The molecule has 2 amide bonds. The first-order valence-corrected chi connectivity index (χ1v) is 11.7. The van der Waals surface area contributed by atoms with E-state index < -0.39 is 30.1 Å². The van der Waals surface area contributed by atoms with Crippen LogP contribution in [0.3, 0.4) is 0 Å². The van der Waals surface area contributed by atoms with Crippen molar-refractivity contribution >= 4 is 18.0 Å². The third kappa shape index (κ3) is 5.51. The number of carbonyl (C=O) groups excluding carboxylic acids is 2. The summed E-state index contributed by atoms with van der Waals surface area (Å²) in [6, 6.07) is 23.3. The summed E-state index contributed by atoms with van der Waals surface area (Å²) in [6.07, 6.45) is -0.303. The molecular weight excluding hydrogens is 444 g/mol. The van der Waals surface area contributed by atoms with E-state index >= 15 is 0 Å². The van der Waals surface area contributed by atoms with E-state index in [1.54, 1.807) is 6.92 Å². The lowest BCUT2D eigenvalue weighted by atomic mass is 9.98. The van der Waals surface area contributed by atoms with E-state index in [0.717, 1.165) is 27.8 Å². The van der Waals surface area contributed by atoms with Crippen molar-refractivity contribution in [1.82, 2.24) is 10.6 Å². The fourth-order valence-electron chi connectivity index (χ4n) is 4.45. The Morgan fingerprint density at radius 3 is 1.97 bits per heavy atom. The van der Waals surface area contributed by atoms with Crippen LogP contribution in [0, 0.1) is 0 Å². The Morgan fingerprint density at radius 2 is 1.40 bits per heavy atom. The zero-order valence-electron chi connectivity index (χ0n) is 19.4. The SMILES string of the molecule is CC[C@H](NC(=O)[C@H](Cc1ccccc1)NC(=O)OCC1c2ccccc2-c2ccccc21)C(=O)O. The molecule has 0 spiro atoms. The second-order valence-electron chi connectivity index (χ2n) is 8.52. The van der Waals surface area contributed by atoms with Crippen molar-refractivity contribution < 1.29 is 24.2 Å². The Morgan fingerprint density at radius 1 is 0.829 bits per heavy atom. The van der Waals surface area contributed by atoms with Crippen LogP contribution in [0.2, 0.25) is 0 Å². The van der Waals surface area contributed by atoms with Gasteiger partial charge in [0.1, 0.15) is 18.7 Å². The predicted octanol–water partition coefficient (Wildman–Crippen LogP) is 4.12. The molecule has 1 aliphatic carbocycles. The van der Waals surface area contributed by atoms with E-state index in [4.69, 9.17) is 4.74 Å². The largest absolute Gasteiger partial charge is 0.480 e. The van der Waals surface area contributed by atoms with Crippen LogP contribution in [0.25, 0.3) is 11.1 Å². The molecule has 0 aromatic heterocycles. The third-order valence-corrected chi connectivity index (χ3v) is 6.26. The van der Waals surface area contributed by atoms with E-state index in [1.807, 2.05) is 66.7 Å². The summed E-state index contributed by atoms with van der Waals surface area (Å²) in [7, 11) is 0. The molecule has 0 aliphatic heterocycles. The van der Waals surface area contributed by atoms with Gasteiger partial charge in [0.25, 0.3) is 0 Å². The van der Waals surface area contributed by atoms with Crippen molar-refractivity contribution in [2.75, 3.05) is 6.61 Å². The number of carbonyl (C=O) groups is 3. The van der Waals surface area contributed by atoms with Gasteiger partial charge in [0.15, 0.2) is 0 Å². The van der Waals surface area contributed by atoms with Crippen LogP contribution in [0.5, 0.6) is 0 Å². The average molecular weight is 473 g/mol. The topological polar surface area (TPSA) is 105 Å². The molecule has 3 aromatic rings. The number of nitrogens with one attached hydrogen (secondary N) is 2. The molecule has 7 heteroatoms. The van der Waals surface area contributed by atoms with Crippen LogP contribution in [-0.4, -0.2) is 41.8 Å². The number of carboxylic acid groups (broad SMARTS) is 1. The number of benzene rings is 3. The number of carboxylic acids is 1. The van der Waals surface area contributed by atoms with Crippen molar-refractivity contribution in [1.29, 1.82) is 0 Å². The zero-order valence-corrected chi connectivity index (χ0v) is 19.4. The van der Waals surface area contributed by atoms with Gasteiger partial charge >= 0.3 is 12.1 Å². The number of hydrogen-bond acceptors (Lipinski definition) is 4. The summed E-state index contributed by atoms with van der Waals surface area (Å²) in [5.74, 6) is -1.80. The molecule has 0 unspecified atom stereocenters. The summed E-state index contributed by atoms with van der Waals surface area (Å²) in [4.78, 5) is 37.1. The van der Waals surface area contributed by atoms with Crippen LogP contribution in [-0.2, 0) is 20.7 Å². The summed E-state index contributed by atoms with van der Waals surface area (Å²) in [5.41, 5.74) is 5.25. The maximum absolute atomic E-state index is 12.9. The van der Waals surface area contributed by atoms with Crippen LogP contribution in [0.15, 0.2) is 78.9 Å². The Balaban J connectivity index is 1.46. The summed E-state index contributed by atoms with van der Waals surface area (Å²) in [5, 5.41) is 14.5. The minimum atomic E-state index is -1.12. The number of ether oxygens (including phenoxy) is 1. The summed E-state index contributed by atoms with van der Waals surface area (Å²) in [6.45, 7) is 1.79. The lowest BCUT2D eigenvalue weighted by Gasteiger charge is -2.21. The number of alkyl carbamates (subject to hydrolysis) is 1. The summed E-state index contributed by atoms with van der Waals surface area (Å²) < 4.78 is 5.59. The standard InChI is InChI=1S/C28H28N2O5/c1-2-24(27(32)33)29-26(31)25(16-18-10-4-3-5-11-18)30-28(34)35-17-23-21-14-8-6-12-19(21)20-13-7-9-15-22(20)23/h3-15,23-25H,2,16-17H2,1H3,(H,29,31)(H,30,34)(H,32,33)/t24-,25-/m0/s1. The van der Waals surface area contributed by atoms with E-state index in [2.05, 4.69) is 22.8 Å². The molecule has 1 aliphatic rings. The van der Waals surface area contributed by atoms with Crippen molar-refractivity contribution in [2.24, 2.45) is 0 Å². The molecule has 180 valence electrons. The Kier molecular flexibility index (Phi) is 7.45. The predicted molar refractivity (Wildman–Crippen MR) is 132 cm³/mol. The van der Waals surface area contributed by atoms with Gasteiger partial charge in [-0.15, -0.1) is 0 Å². The molecule has 0 heterocycles. The molecule has 7 nitrogen and oxygen atoms in total. The maximum Gasteiger partial charge on any atom is 0.407 e. The first kappa shape index (κ1) is 24.0. The fourth-order valence-corrected chi connectivity index (χ4v) is 4.45. The first-order chi connectivity index (χ1) is 17.0. The van der Waals surface area contributed by atoms with Crippen molar-refractivity contribution in [3.05, 3.63) is 95.6 Å². The molecule has 2 atom stereocenters. The van der Waals surface area contributed by atoms with Crippen molar-refractivity contribution in [2.45, 2.75) is 37.8 Å². The Hall–Kier alpha value is -4.13. The van der Waals surface area contributed by atoms with Gasteiger partial charge in [-0.2, -0.15) is 0 Å². The van der Waals surface area contributed by atoms with Crippen LogP contribution < -0.4 is 10.6 Å².